The van der Waals surface area contributed by atoms with Crippen molar-refractivity contribution in [3.05, 3.63) is 42.0 Å². The molecule has 2 heteroatoms. The first-order valence-corrected chi connectivity index (χ1v) is 7.88. The molecule has 2 aromatic rings. The van der Waals surface area contributed by atoms with E-state index in [1.54, 1.807) is 6.92 Å². The number of hydrogen-bond acceptors (Lipinski definition) is 2. The van der Waals surface area contributed by atoms with E-state index >= 15 is 0 Å². The molecule has 21 heavy (non-hydrogen) atoms. The van der Waals surface area contributed by atoms with Gasteiger partial charge in [0.1, 0.15) is 5.75 Å². The SMILES string of the molecule is CCCCCCCOc1ccc2cc(C(C)=O)ccc2c1. The molecule has 0 amide bonds. The highest BCUT2D eigenvalue weighted by Crippen LogP contribution is 2.22. The van der Waals surface area contributed by atoms with Crippen molar-refractivity contribution in [3.63, 3.8) is 0 Å². The third kappa shape index (κ3) is 4.59. The van der Waals surface area contributed by atoms with Crippen molar-refractivity contribution < 1.29 is 9.53 Å². The van der Waals surface area contributed by atoms with Crippen LogP contribution in [0.5, 0.6) is 5.75 Å². The quantitative estimate of drug-likeness (QED) is 0.480. The molecule has 0 atom stereocenters. The van der Waals surface area contributed by atoms with Gasteiger partial charge in [-0.1, -0.05) is 50.8 Å². The van der Waals surface area contributed by atoms with E-state index in [0.717, 1.165) is 35.1 Å². The third-order valence-electron chi connectivity index (χ3n) is 3.73. The molecule has 0 N–H and O–H groups in total. The van der Waals surface area contributed by atoms with Gasteiger partial charge in [-0.15, -0.1) is 0 Å². The lowest BCUT2D eigenvalue weighted by Gasteiger charge is -2.08. The minimum atomic E-state index is 0.101. The van der Waals surface area contributed by atoms with Gasteiger partial charge < -0.3 is 4.74 Å². The van der Waals surface area contributed by atoms with Crippen LogP contribution in [-0.4, -0.2) is 12.4 Å². The number of carbonyl (C=O) groups is 1. The van der Waals surface area contributed by atoms with Crippen LogP contribution in [0, 0.1) is 0 Å². The Morgan fingerprint density at radius 1 is 0.952 bits per heavy atom. The van der Waals surface area contributed by atoms with Crippen molar-refractivity contribution in [1.82, 2.24) is 0 Å². The minimum absolute atomic E-state index is 0.101. The Morgan fingerprint density at radius 3 is 2.43 bits per heavy atom. The number of ketones is 1. The zero-order chi connectivity index (χ0) is 15.1. The normalized spacial score (nSPS) is 10.8. The average Bonchev–Trinajstić information content (AvgIpc) is 2.50. The first-order chi connectivity index (χ1) is 10.2. The molecule has 0 aliphatic rings. The summed E-state index contributed by atoms with van der Waals surface area (Å²) >= 11 is 0. The van der Waals surface area contributed by atoms with Crippen LogP contribution in [0.15, 0.2) is 36.4 Å². The van der Waals surface area contributed by atoms with E-state index < -0.39 is 0 Å². The van der Waals surface area contributed by atoms with Crippen LogP contribution >= 0.6 is 0 Å². The molecule has 0 radical (unpaired) electrons. The van der Waals surface area contributed by atoms with Gasteiger partial charge in [0.2, 0.25) is 0 Å². The Labute approximate surface area is 127 Å². The van der Waals surface area contributed by atoms with Gasteiger partial charge in [0.15, 0.2) is 5.78 Å². The van der Waals surface area contributed by atoms with Crippen LogP contribution in [0.4, 0.5) is 0 Å². The molecule has 0 spiro atoms. The fraction of sp³-hybridized carbons (Fsp3) is 0.421. The second kappa shape index (κ2) is 7.82. The first kappa shape index (κ1) is 15.6. The molecule has 0 aliphatic carbocycles. The summed E-state index contributed by atoms with van der Waals surface area (Å²) in [5, 5.41) is 2.20. The summed E-state index contributed by atoms with van der Waals surface area (Å²) in [5.41, 5.74) is 0.757. The van der Waals surface area contributed by atoms with E-state index in [0.29, 0.717) is 0 Å². The molecule has 0 aromatic heterocycles. The molecular formula is C19H24O2. The maximum atomic E-state index is 11.4. The van der Waals surface area contributed by atoms with Gasteiger partial charge in [0.05, 0.1) is 6.61 Å². The van der Waals surface area contributed by atoms with Crippen LogP contribution in [-0.2, 0) is 0 Å². The fourth-order valence-electron chi connectivity index (χ4n) is 2.43. The zero-order valence-corrected chi connectivity index (χ0v) is 13.0. The minimum Gasteiger partial charge on any atom is -0.494 e. The van der Waals surface area contributed by atoms with Gasteiger partial charge in [0, 0.05) is 5.56 Å². The molecule has 0 saturated heterocycles. The Morgan fingerprint density at radius 2 is 1.67 bits per heavy atom. The highest BCUT2D eigenvalue weighted by Gasteiger charge is 2.02. The maximum absolute atomic E-state index is 11.4. The van der Waals surface area contributed by atoms with Gasteiger partial charge in [-0.3, -0.25) is 4.79 Å². The monoisotopic (exact) mass is 284 g/mol. The van der Waals surface area contributed by atoms with Gasteiger partial charge in [0.25, 0.3) is 0 Å². The number of benzene rings is 2. The van der Waals surface area contributed by atoms with Crippen molar-refractivity contribution in [1.29, 1.82) is 0 Å². The van der Waals surface area contributed by atoms with Crippen LogP contribution in [0.2, 0.25) is 0 Å². The molecule has 0 bridgehead atoms. The van der Waals surface area contributed by atoms with Crippen molar-refractivity contribution in [2.45, 2.75) is 46.0 Å². The summed E-state index contributed by atoms with van der Waals surface area (Å²) in [5.74, 6) is 1.01. The molecule has 2 rings (SSSR count). The number of carbonyl (C=O) groups excluding carboxylic acids is 1. The highest BCUT2D eigenvalue weighted by atomic mass is 16.5. The predicted octanol–water partition coefficient (Wildman–Crippen LogP) is 5.39. The van der Waals surface area contributed by atoms with E-state index in [9.17, 15) is 4.79 Å². The van der Waals surface area contributed by atoms with E-state index in [1.807, 2.05) is 36.4 Å². The number of hydrogen-bond donors (Lipinski definition) is 0. The third-order valence-corrected chi connectivity index (χ3v) is 3.73. The summed E-state index contributed by atoms with van der Waals surface area (Å²) in [4.78, 5) is 11.4. The fourth-order valence-corrected chi connectivity index (χ4v) is 2.43. The average molecular weight is 284 g/mol. The van der Waals surface area contributed by atoms with Crippen molar-refractivity contribution in [2.24, 2.45) is 0 Å². The lowest BCUT2D eigenvalue weighted by Crippen LogP contribution is -1.97. The standard InChI is InChI=1S/C19H24O2/c1-3-4-5-6-7-12-21-19-11-10-17-13-16(15(2)20)8-9-18(17)14-19/h8-11,13-14H,3-7,12H2,1-2H3. The van der Waals surface area contributed by atoms with E-state index in [-0.39, 0.29) is 5.78 Å². The van der Waals surface area contributed by atoms with Crippen molar-refractivity contribution in [2.75, 3.05) is 6.61 Å². The second-order valence-electron chi connectivity index (χ2n) is 5.54. The molecule has 0 saturated carbocycles. The zero-order valence-electron chi connectivity index (χ0n) is 13.0. The molecule has 0 heterocycles. The summed E-state index contributed by atoms with van der Waals surface area (Å²) in [6.45, 7) is 4.60. The molecule has 0 unspecified atom stereocenters. The van der Waals surface area contributed by atoms with E-state index in [2.05, 4.69) is 6.92 Å². The Balaban J connectivity index is 1.93. The molecular weight excluding hydrogens is 260 g/mol. The first-order valence-electron chi connectivity index (χ1n) is 7.88. The molecule has 0 fully saturated rings. The summed E-state index contributed by atoms with van der Waals surface area (Å²) < 4.78 is 5.81. The van der Waals surface area contributed by atoms with Crippen LogP contribution in [0.1, 0.15) is 56.3 Å². The predicted molar refractivity (Wildman–Crippen MR) is 88.2 cm³/mol. The maximum Gasteiger partial charge on any atom is 0.159 e. The van der Waals surface area contributed by atoms with Gasteiger partial charge in [-0.25, -0.2) is 0 Å². The largest absolute Gasteiger partial charge is 0.494 e. The topological polar surface area (TPSA) is 26.3 Å². The summed E-state index contributed by atoms with van der Waals surface area (Å²) in [6.07, 6.45) is 6.23. The number of Topliss-reactive ketones (excluding diaryl/α,β-unsaturated/α-hetero) is 1. The van der Waals surface area contributed by atoms with Crippen molar-refractivity contribution in [3.8, 4) is 5.75 Å². The number of unbranched alkanes of at least 4 members (excludes halogenated alkanes) is 4. The lowest BCUT2D eigenvalue weighted by molar-refractivity contribution is 0.101. The van der Waals surface area contributed by atoms with Crippen LogP contribution < -0.4 is 4.74 Å². The van der Waals surface area contributed by atoms with E-state index in [1.165, 1.54) is 25.7 Å². The second-order valence-corrected chi connectivity index (χ2v) is 5.54. The van der Waals surface area contributed by atoms with Gasteiger partial charge in [-0.05, 0) is 42.3 Å². The summed E-state index contributed by atoms with van der Waals surface area (Å²) in [7, 11) is 0. The van der Waals surface area contributed by atoms with Gasteiger partial charge >= 0.3 is 0 Å². The van der Waals surface area contributed by atoms with Crippen LogP contribution in [0.25, 0.3) is 10.8 Å². The number of fused-ring (bicyclic) bond motifs is 1. The Kier molecular flexibility index (Phi) is 5.79. The van der Waals surface area contributed by atoms with Gasteiger partial charge in [-0.2, -0.15) is 0 Å². The molecule has 112 valence electrons. The number of rotatable bonds is 8. The molecule has 0 aliphatic heterocycles. The van der Waals surface area contributed by atoms with E-state index in [4.69, 9.17) is 4.74 Å². The molecule has 2 nitrogen and oxygen atoms in total. The van der Waals surface area contributed by atoms with Crippen LogP contribution in [0.3, 0.4) is 0 Å². The lowest BCUT2D eigenvalue weighted by atomic mass is 10.0. The summed E-state index contributed by atoms with van der Waals surface area (Å²) in [6, 6.07) is 11.9. The Bertz CT molecular complexity index is 602. The highest BCUT2D eigenvalue weighted by molar-refractivity contribution is 5.98. The smallest absolute Gasteiger partial charge is 0.159 e. The molecule has 2 aromatic carbocycles. The van der Waals surface area contributed by atoms with Crippen molar-refractivity contribution >= 4 is 16.6 Å². The number of ether oxygens (including phenoxy) is 1. The Hall–Kier alpha value is -1.83.